The fraction of sp³-hybridized carbons (Fsp3) is 0.333. The van der Waals surface area contributed by atoms with Crippen LogP contribution >= 0.6 is 0 Å². The van der Waals surface area contributed by atoms with E-state index in [9.17, 15) is 9.59 Å². The molecule has 96 valence electrons. The number of nitrogens with zero attached hydrogens (tertiary/aromatic N) is 2. The summed E-state index contributed by atoms with van der Waals surface area (Å²) in [5.74, 6) is 0.210. The van der Waals surface area contributed by atoms with Crippen LogP contribution in [-0.2, 0) is 4.74 Å². The van der Waals surface area contributed by atoms with Crippen molar-refractivity contribution in [1.29, 1.82) is 0 Å². The summed E-state index contributed by atoms with van der Waals surface area (Å²) in [5.41, 5.74) is 0.581. The Kier molecular flexibility index (Phi) is 5.50. The molecule has 0 aliphatic heterocycles. The molecule has 1 aromatic carbocycles. The minimum Gasteiger partial charge on any atom is -0.447 e. The second-order valence-electron chi connectivity index (χ2n) is 3.97. The van der Waals surface area contributed by atoms with E-state index in [4.69, 9.17) is 4.74 Å². The molecule has 0 atom stereocenters. The highest BCUT2D eigenvalue weighted by Crippen LogP contribution is 2.05. The number of amides is 3. The van der Waals surface area contributed by atoms with Crippen LogP contribution in [-0.4, -0.2) is 18.7 Å². The average Bonchev–Trinajstić information content (AvgIpc) is 2.35. The number of carbonyl (C=O) groups excluding carboxylic acids is 2. The van der Waals surface area contributed by atoms with Gasteiger partial charge in [-0.15, -0.1) is 0 Å². The largest absolute Gasteiger partial charge is 0.452 e. The predicted octanol–water partition coefficient (Wildman–Crippen LogP) is 3.46. The van der Waals surface area contributed by atoms with Gasteiger partial charge in [0.1, 0.15) is 0 Å². The number of hydrogen-bond acceptors (Lipinski definition) is 3. The second-order valence-corrected chi connectivity index (χ2v) is 3.97. The lowest BCUT2D eigenvalue weighted by atomic mass is 10.2. The first-order valence-corrected chi connectivity index (χ1v) is 5.52. The summed E-state index contributed by atoms with van der Waals surface area (Å²) in [4.78, 5) is 22.3. The molecule has 1 aromatic rings. The quantitative estimate of drug-likeness (QED) is 0.833. The third-order valence-electron chi connectivity index (χ3n) is 1.79. The van der Waals surface area contributed by atoms with Crippen LogP contribution in [0, 0.1) is 5.92 Å². The minimum atomic E-state index is -0.869. The maximum absolute atomic E-state index is 11.3. The van der Waals surface area contributed by atoms with Gasteiger partial charge in [-0.05, 0) is 18.1 Å². The van der Waals surface area contributed by atoms with Crippen LogP contribution < -0.4 is 5.32 Å². The van der Waals surface area contributed by atoms with Gasteiger partial charge in [-0.25, -0.2) is 9.59 Å². The maximum atomic E-state index is 11.3. The van der Waals surface area contributed by atoms with Crippen LogP contribution in [0.2, 0.25) is 0 Å². The Balaban J connectivity index is 2.38. The Bertz CT molecular complexity index is 429. The van der Waals surface area contributed by atoms with Gasteiger partial charge in [-0.1, -0.05) is 42.3 Å². The summed E-state index contributed by atoms with van der Waals surface area (Å²) in [7, 11) is 0. The lowest BCUT2D eigenvalue weighted by molar-refractivity contribution is 0.141. The van der Waals surface area contributed by atoms with Crippen LogP contribution in [0.1, 0.15) is 13.8 Å². The van der Waals surface area contributed by atoms with Gasteiger partial charge in [0.05, 0.1) is 6.61 Å². The normalized spacial score (nSPS) is 10.6. The number of ether oxygens (including phenoxy) is 1. The van der Waals surface area contributed by atoms with Gasteiger partial charge in [0.25, 0.3) is 0 Å². The van der Waals surface area contributed by atoms with Crippen LogP contribution in [0.3, 0.4) is 0 Å². The van der Waals surface area contributed by atoms with Crippen LogP contribution in [0.25, 0.3) is 0 Å². The fourth-order valence-electron chi connectivity index (χ4n) is 1.02. The van der Waals surface area contributed by atoms with E-state index >= 15 is 0 Å². The summed E-state index contributed by atoms with van der Waals surface area (Å²) >= 11 is 0. The van der Waals surface area contributed by atoms with E-state index in [0.29, 0.717) is 5.69 Å². The number of urea groups is 1. The molecule has 0 radical (unpaired) electrons. The van der Waals surface area contributed by atoms with Gasteiger partial charge < -0.3 is 10.1 Å². The van der Waals surface area contributed by atoms with Crippen molar-refractivity contribution in [3.63, 3.8) is 0 Å². The molecular formula is C12H15N3O3. The molecule has 3 amide bonds. The Morgan fingerprint density at radius 2 is 1.89 bits per heavy atom. The Labute approximate surface area is 105 Å². The lowest BCUT2D eigenvalue weighted by Gasteiger charge is -2.02. The van der Waals surface area contributed by atoms with Crippen molar-refractivity contribution in [3.05, 3.63) is 30.3 Å². The maximum Gasteiger partial charge on any atom is 0.452 e. The van der Waals surface area contributed by atoms with E-state index in [0.717, 1.165) is 0 Å². The number of nitrogens with one attached hydrogen (secondary N) is 1. The number of carbonyl (C=O) groups is 2. The Morgan fingerprint density at radius 3 is 2.50 bits per heavy atom. The van der Waals surface area contributed by atoms with Crippen molar-refractivity contribution in [1.82, 2.24) is 0 Å². The number of azo groups is 1. The van der Waals surface area contributed by atoms with Gasteiger partial charge in [0.2, 0.25) is 0 Å². The van der Waals surface area contributed by atoms with Crippen molar-refractivity contribution in [2.24, 2.45) is 16.1 Å². The summed E-state index contributed by atoms with van der Waals surface area (Å²) in [6.07, 6.45) is -0.869. The lowest BCUT2D eigenvalue weighted by Crippen LogP contribution is -2.08. The van der Waals surface area contributed by atoms with E-state index in [-0.39, 0.29) is 12.5 Å². The molecule has 0 fully saturated rings. The summed E-state index contributed by atoms with van der Waals surface area (Å²) in [5, 5.41) is 8.80. The molecule has 0 unspecified atom stereocenters. The topological polar surface area (TPSA) is 80.1 Å². The summed E-state index contributed by atoms with van der Waals surface area (Å²) in [6.45, 7) is 4.04. The first-order chi connectivity index (χ1) is 8.58. The number of anilines is 1. The Hall–Kier alpha value is -2.24. The number of benzene rings is 1. The van der Waals surface area contributed by atoms with Gasteiger partial charge >= 0.3 is 12.1 Å². The highest BCUT2D eigenvalue weighted by atomic mass is 16.5. The van der Waals surface area contributed by atoms with E-state index < -0.39 is 12.1 Å². The molecule has 0 heterocycles. The van der Waals surface area contributed by atoms with Crippen LogP contribution in [0.4, 0.5) is 15.3 Å². The highest BCUT2D eigenvalue weighted by molar-refractivity contribution is 5.90. The molecule has 6 nitrogen and oxygen atoms in total. The van der Waals surface area contributed by atoms with Crippen molar-refractivity contribution in [2.75, 3.05) is 11.9 Å². The Morgan fingerprint density at radius 1 is 1.22 bits per heavy atom. The SMILES string of the molecule is CC(C)COC(=O)/N=N/C(=O)Nc1ccccc1. The molecule has 0 aliphatic rings. The zero-order valence-corrected chi connectivity index (χ0v) is 10.3. The van der Waals surface area contributed by atoms with E-state index in [1.807, 2.05) is 19.9 Å². The molecule has 0 aromatic heterocycles. The predicted molar refractivity (Wildman–Crippen MR) is 66.5 cm³/mol. The average molecular weight is 249 g/mol. The number of para-hydroxylation sites is 1. The molecule has 0 saturated carbocycles. The summed E-state index contributed by atoms with van der Waals surface area (Å²) < 4.78 is 4.72. The van der Waals surface area contributed by atoms with Gasteiger partial charge in [-0.2, -0.15) is 0 Å². The first kappa shape index (κ1) is 13.8. The smallest absolute Gasteiger partial charge is 0.447 e. The molecule has 6 heteroatoms. The highest BCUT2D eigenvalue weighted by Gasteiger charge is 2.04. The van der Waals surface area contributed by atoms with Crippen molar-refractivity contribution < 1.29 is 14.3 Å². The molecule has 1 rings (SSSR count). The third kappa shape index (κ3) is 5.74. The van der Waals surface area contributed by atoms with Gasteiger partial charge in [0.15, 0.2) is 0 Å². The number of hydrogen-bond donors (Lipinski definition) is 1. The van der Waals surface area contributed by atoms with Crippen molar-refractivity contribution >= 4 is 17.8 Å². The van der Waals surface area contributed by atoms with Gasteiger partial charge in [-0.3, -0.25) is 0 Å². The summed E-state index contributed by atoms with van der Waals surface area (Å²) in [6, 6.07) is 8.03. The van der Waals surface area contributed by atoms with Crippen LogP contribution in [0.15, 0.2) is 40.6 Å². The minimum absolute atomic E-state index is 0.210. The third-order valence-corrected chi connectivity index (χ3v) is 1.79. The molecule has 0 bridgehead atoms. The second kappa shape index (κ2) is 7.16. The molecule has 1 N–H and O–H groups in total. The molecule has 0 aliphatic carbocycles. The molecule has 0 saturated heterocycles. The molecular weight excluding hydrogens is 234 g/mol. The van der Waals surface area contributed by atoms with E-state index in [2.05, 4.69) is 15.5 Å². The van der Waals surface area contributed by atoms with Crippen LogP contribution in [0.5, 0.6) is 0 Å². The first-order valence-electron chi connectivity index (χ1n) is 5.52. The zero-order chi connectivity index (χ0) is 13.4. The van der Waals surface area contributed by atoms with Crippen molar-refractivity contribution in [2.45, 2.75) is 13.8 Å². The fourth-order valence-corrected chi connectivity index (χ4v) is 1.02. The number of rotatable bonds is 3. The molecule has 0 spiro atoms. The monoisotopic (exact) mass is 249 g/mol. The van der Waals surface area contributed by atoms with E-state index in [1.165, 1.54) is 0 Å². The zero-order valence-electron chi connectivity index (χ0n) is 10.3. The standard InChI is InChI=1S/C12H15N3O3/c1-9(2)8-18-12(17)15-14-11(16)13-10-6-4-3-5-7-10/h3-7,9H,8H2,1-2H3,(H,13,16)/b15-14+. The van der Waals surface area contributed by atoms with Crippen molar-refractivity contribution in [3.8, 4) is 0 Å². The van der Waals surface area contributed by atoms with Gasteiger partial charge in [0, 0.05) is 5.69 Å². The van der Waals surface area contributed by atoms with E-state index in [1.54, 1.807) is 24.3 Å². The molecule has 18 heavy (non-hydrogen) atoms.